The molecule has 2 fully saturated rings. The number of hydrogen-bond acceptors (Lipinski definition) is 2. The van der Waals surface area contributed by atoms with Crippen molar-refractivity contribution in [1.29, 1.82) is 0 Å². The van der Waals surface area contributed by atoms with Crippen molar-refractivity contribution in [3.8, 4) is 0 Å². The number of rotatable bonds is 4. The molecule has 0 spiro atoms. The molecule has 2 aliphatic rings. The highest BCUT2D eigenvalue weighted by molar-refractivity contribution is 5.78. The van der Waals surface area contributed by atoms with Gasteiger partial charge < -0.3 is 15.3 Å². The van der Waals surface area contributed by atoms with Gasteiger partial charge in [-0.1, -0.05) is 19.3 Å². The Labute approximate surface area is 108 Å². The van der Waals surface area contributed by atoms with Gasteiger partial charge in [-0.05, 0) is 25.7 Å². The molecular formula is C13H22N2O3. The molecule has 0 radical (unpaired) electrons. The Morgan fingerprint density at radius 1 is 1.33 bits per heavy atom. The summed E-state index contributed by atoms with van der Waals surface area (Å²) in [5.74, 6) is -0.428. The molecule has 0 aromatic rings. The first kappa shape index (κ1) is 13.2. The van der Waals surface area contributed by atoms with Crippen molar-refractivity contribution in [2.45, 2.75) is 45.1 Å². The number of hydrogen-bond donors (Lipinski definition) is 2. The van der Waals surface area contributed by atoms with E-state index in [1.807, 2.05) is 6.92 Å². The Bertz CT molecular complexity index is 328. The molecule has 1 saturated heterocycles. The second-order valence-electron chi connectivity index (χ2n) is 5.48. The van der Waals surface area contributed by atoms with Gasteiger partial charge in [-0.15, -0.1) is 0 Å². The summed E-state index contributed by atoms with van der Waals surface area (Å²) in [5.41, 5.74) is 0. The van der Waals surface area contributed by atoms with Crippen LogP contribution in [-0.2, 0) is 4.79 Å². The van der Waals surface area contributed by atoms with E-state index in [0.29, 0.717) is 19.5 Å². The van der Waals surface area contributed by atoms with Gasteiger partial charge >= 0.3 is 12.0 Å². The molecule has 2 rings (SSSR count). The number of carboxylic acid groups (broad SMARTS) is 1. The number of carboxylic acids is 1. The third kappa shape index (κ3) is 2.76. The number of carbonyl (C=O) groups is 2. The molecule has 0 aromatic carbocycles. The minimum atomic E-state index is -0.799. The molecule has 5 heteroatoms. The Morgan fingerprint density at radius 3 is 2.56 bits per heavy atom. The van der Waals surface area contributed by atoms with E-state index in [1.54, 1.807) is 4.90 Å². The predicted octanol–water partition coefficient (Wildman–Crippen LogP) is 1.68. The van der Waals surface area contributed by atoms with Gasteiger partial charge in [-0.3, -0.25) is 4.79 Å². The van der Waals surface area contributed by atoms with Gasteiger partial charge in [-0.2, -0.15) is 0 Å². The minimum absolute atomic E-state index is 0.106. The van der Waals surface area contributed by atoms with Crippen LogP contribution in [0.4, 0.5) is 4.79 Å². The van der Waals surface area contributed by atoms with Gasteiger partial charge in [0, 0.05) is 19.1 Å². The summed E-state index contributed by atoms with van der Waals surface area (Å²) in [7, 11) is 0. The van der Waals surface area contributed by atoms with E-state index in [-0.39, 0.29) is 12.1 Å². The van der Waals surface area contributed by atoms with Crippen LogP contribution in [0, 0.1) is 11.8 Å². The number of nitrogens with one attached hydrogen (secondary N) is 1. The number of likely N-dealkylation sites (tertiary alicyclic amines) is 1. The third-order valence-corrected chi connectivity index (χ3v) is 4.39. The van der Waals surface area contributed by atoms with Crippen LogP contribution in [0.2, 0.25) is 0 Å². The number of nitrogens with zero attached hydrogens (tertiary/aromatic N) is 1. The summed E-state index contributed by atoms with van der Waals surface area (Å²) in [6.45, 7) is 3.08. The van der Waals surface area contributed by atoms with Gasteiger partial charge in [-0.25, -0.2) is 4.79 Å². The molecule has 2 atom stereocenters. The fraction of sp³-hybridized carbons (Fsp3) is 0.846. The highest BCUT2D eigenvalue weighted by Gasteiger charge is 2.38. The van der Waals surface area contributed by atoms with Crippen LogP contribution in [0.3, 0.4) is 0 Å². The lowest BCUT2D eigenvalue weighted by molar-refractivity contribution is -0.142. The Balaban J connectivity index is 1.73. The molecule has 0 bridgehead atoms. The molecule has 2 N–H and O–H groups in total. The molecule has 102 valence electrons. The van der Waals surface area contributed by atoms with Gasteiger partial charge in [0.1, 0.15) is 0 Å². The van der Waals surface area contributed by atoms with Crippen molar-refractivity contribution < 1.29 is 14.7 Å². The normalized spacial score (nSPS) is 27.9. The van der Waals surface area contributed by atoms with E-state index in [9.17, 15) is 9.59 Å². The van der Waals surface area contributed by atoms with Gasteiger partial charge in [0.05, 0.1) is 5.92 Å². The van der Waals surface area contributed by atoms with E-state index in [1.165, 1.54) is 19.3 Å². The van der Waals surface area contributed by atoms with Crippen LogP contribution in [-0.4, -0.2) is 41.1 Å². The van der Waals surface area contributed by atoms with E-state index < -0.39 is 11.9 Å². The zero-order valence-corrected chi connectivity index (χ0v) is 10.9. The molecule has 1 aliphatic heterocycles. The Kier molecular flexibility index (Phi) is 4.09. The lowest BCUT2D eigenvalue weighted by atomic mass is 9.83. The number of amides is 2. The van der Waals surface area contributed by atoms with Crippen molar-refractivity contribution in [1.82, 2.24) is 10.2 Å². The topological polar surface area (TPSA) is 69.6 Å². The van der Waals surface area contributed by atoms with Crippen molar-refractivity contribution in [2.24, 2.45) is 11.8 Å². The summed E-state index contributed by atoms with van der Waals surface area (Å²) in [6, 6.07) is -0.309. The van der Waals surface area contributed by atoms with Gasteiger partial charge in [0.25, 0.3) is 0 Å². The molecule has 2 unspecified atom stereocenters. The molecule has 1 saturated carbocycles. The van der Waals surface area contributed by atoms with Crippen LogP contribution >= 0.6 is 0 Å². The third-order valence-electron chi connectivity index (χ3n) is 4.39. The maximum absolute atomic E-state index is 11.9. The second-order valence-corrected chi connectivity index (χ2v) is 5.48. The van der Waals surface area contributed by atoms with Crippen LogP contribution in [0.25, 0.3) is 0 Å². The summed E-state index contributed by atoms with van der Waals surface area (Å²) in [5, 5.41) is 11.9. The number of aliphatic carboxylic acids is 1. The summed E-state index contributed by atoms with van der Waals surface area (Å²) < 4.78 is 0. The molecule has 2 amide bonds. The first-order valence-corrected chi connectivity index (χ1v) is 6.87. The average molecular weight is 254 g/mol. The fourth-order valence-corrected chi connectivity index (χ4v) is 2.82. The molecule has 1 aliphatic carbocycles. The number of urea groups is 1. The lowest BCUT2D eigenvalue weighted by Crippen LogP contribution is -2.44. The fourth-order valence-electron chi connectivity index (χ4n) is 2.82. The zero-order valence-electron chi connectivity index (χ0n) is 10.9. The molecule has 5 nitrogen and oxygen atoms in total. The molecule has 18 heavy (non-hydrogen) atoms. The van der Waals surface area contributed by atoms with Crippen LogP contribution in [0.15, 0.2) is 0 Å². The SMILES string of the molecule is CC1C(C(=O)O)CCN1C(=O)NCCC1CCC1. The van der Waals surface area contributed by atoms with Gasteiger partial charge in [0.2, 0.25) is 0 Å². The van der Waals surface area contributed by atoms with Crippen molar-refractivity contribution in [3.05, 3.63) is 0 Å². The van der Waals surface area contributed by atoms with Crippen LogP contribution in [0.1, 0.15) is 39.0 Å². The Hall–Kier alpha value is -1.26. The van der Waals surface area contributed by atoms with E-state index in [4.69, 9.17) is 5.11 Å². The standard InChI is InChI=1S/C13H22N2O3/c1-9-11(12(16)17)6-8-15(9)13(18)14-7-5-10-3-2-4-10/h9-11H,2-8H2,1H3,(H,14,18)(H,16,17). The predicted molar refractivity (Wildman–Crippen MR) is 67.3 cm³/mol. The maximum atomic E-state index is 11.9. The Morgan fingerprint density at radius 2 is 2.06 bits per heavy atom. The molecule has 1 heterocycles. The highest BCUT2D eigenvalue weighted by atomic mass is 16.4. The highest BCUT2D eigenvalue weighted by Crippen LogP contribution is 2.29. The first-order valence-electron chi connectivity index (χ1n) is 6.87. The van der Waals surface area contributed by atoms with Gasteiger partial charge in [0.15, 0.2) is 0 Å². The van der Waals surface area contributed by atoms with E-state index in [0.717, 1.165) is 12.3 Å². The summed E-state index contributed by atoms with van der Waals surface area (Å²) in [6.07, 6.45) is 5.51. The second kappa shape index (κ2) is 5.59. The quantitative estimate of drug-likeness (QED) is 0.802. The maximum Gasteiger partial charge on any atom is 0.317 e. The van der Waals surface area contributed by atoms with E-state index in [2.05, 4.69) is 5.32 Å². The first-order chi connectivity index (χ1) is 8.59. The summed E-state index contributed by atoms with van der Waals surface area (Å²) in [4.78, 5) is 24.6. The lowest BCUT2D eigenvalue weighted by Gasteiger charge is -2.27. The number of carbonyl (C=O) groups excluding carboxylic acids is 1. The van der Waals surface area contributed by atoms with Crippen LogP contribution < -0.4 is 5.32 Å². The molecule has 0 aromatic heterocycles. The monoisotopic (exact) mass is 254 g/mol. The van der Waals surface area contributed by atoms with Crippen molar-refractivity contribution in [2.75, 3.05) is 13.1 Å². The smallest absolute Gasteiger partial charge is 0.317 e. The minimum Gasteiger partial charge on any atom is -0.481 e. The zero-order chi connectivity index (χ0) is 13.1. The van der Waals surface area contributed by atoms with Crippen molar-refractivity contribution >= 4 is 12.0 Å². The van der Waals surface area contributed by atoms with E-state index >= 15 is 0 Å². The molecular weight excluding hydrogens is 232 g/mol. The largest absolute Gasteiger partial charge is 0.481 e. The average Bonchev–Trinajstić information content (AvgIpc) is 2.63. The van der Waals surface area contributed by atoms with Crippen molar-refractivity contribution in [3.63, 3.8) is 0 Å². The summed E-state index contributed by atoms with van der Waals surface area (Å²) >= 11 is 0. The van der Waals surface area contributed by atoms with Crippen LogP contribution in [0.5, 0.6) is 0 Å².